The van der Waals surface area contributed by atoms with Gasteiger partial charge in [0.1, 0.15) is 5.82 Å². The van der Waals surface area contributed by atoms with Gasteiger partial charge in [0, 0.05) is 18.7 Å². The number of hydrogen-bond donors (Lipinski definition) is 1. The van der Waals surface area contributed by atoms with Gasteiger partial charge >= 0.3 is 0 Å². The van der Waals surface area contributed by atoms with E-state index in [-0.39, 0.29) is 18.1 Å². The molecule has 7 heteroatoms. The largest absolute Gasteiger partial charge is 0.397 e. The van der Waals surface area contributed by atoms with Gasteiger partial charge < -0.3 is 10.6 Å². The monoisotopic (exact) mass is 419 g/mol. The van der Waals surface area contributed by atoms with Crippen molar-refractivity contribution in [3.8, 4) is 11.3 Å². The Balaban J connectivity index is 1.43. The number of rotatable bonds is 5. The van der Waals surface area contributed by atoms with Crippen molar-refractivity contribution in [2.24, 2.45) is 5.92 Å². The zero-order chi connectivity index (χ0) is 22.0. The number of nitrogens with zero attached hydrogens (tertiary/aromatic N) is 4. The van der Waals surface area contributed by atoms with E-state index < -0.39 is 0 Å². The third kappa shape index (κ3) is 4.87. The summed E-state index contributed by atoms with van der Waals surface area (Å²) in [6.45, 7) is 5.17. The minimum atomic E-state index is -0.285. The summed E-state index contributed by atoms with van der Waals surface area (Å²) in [5.74, 6) is 0.108. The van der Waals surface area contributed by atoms with Crippen LogP contribution in [0.2, 0.25) is 0 Å². The number of nitrogens with two attached hydrogens (primary N) is 1. The average Bonchev–Trinajstić information content (AvgIpc) is 3.20. The molecule has 0 bridgehead atoms. The molecule has 6 nitrogen and oxygen atoms in total. The number of aromatic nitrogens is 3. The second kappa shape index (κ2) is 8.79. The highest BCUT2D eigenvalue weighted by Gasteiger charge is 2.27. The van der Waals surface area contributed by atoms with Gasteiger partial charge in [-0.2, -0.15) is 10.2 Å². The molecule has 0 aliphatic carbocycles. The first kappa shape index (κ1) is 20.9. The molecule has 3 heterocycles. The third-order valence-electron chi connectivity index (χ3n) is 5.78. The number of halogens is 1. The van der Waals surface area contributed by atoms with E-state index in [1.165, 1.54) is 12.1 Å². The van der Waals surface area contributed by atoms with Crippen LogP contribution in [0, 0.1) is 25.6 Å². The lowest BCUT2D eigenvalue weighted by atomic mass is 10.0. The Morgan fingerprint density at radius 2 is 2.00 bits per heavy atom. The summed E-state index contributed by atoms with van der Waals surface area (Å²) in [6, 6.07) is 12.1. The van der Waals surface area contributed by atoms with Crippen LogP contribution in [0.25, 0.3) is 11.3 Å². The molecule has 1 aromatic carbocycles. The molecule has 2 N–H and O–H groups in total. The SMILES string of the molecule is Cc1ccc(CC2CCN(C(=O)Cc3nc(-c4ccc(F)cc4C)ccc3N)C2)nn1. The van der Waals surface area contributed by atoms with E-state index in [2.05, 4.69) is 15.2 Å². The summed E-state index contributed by atoms with van der Waals surface area (Å²) in [4.78, 5) is 19.4. The number of anilines is 1. The predicted molar refractivity (Wildman–Crippen MR) is 118 cm³/mol. The van der Waals surface area contributed by atoms with E-state index in [1.807, 2.05) is 30.9 Å². The lowest BCUT2D eigenvalue weighted by Gasteiger charge is -2.17. The van der Waals surface area contributed by atoms with Crippen molar-refractivity contribution in [2.45, 2.75) is 33.1 Å². The smallest absolute Gasteiger partial charge is 0.228 e. The molecular formula is C24H26FN5O. The summed E-state index contributed by atoms with van der Waals surface area (Å²) < 4.78 is 13.4. The number of benzene rings is 1. The minimum Gasteiger partial charge on any atom is -0.397 e. The Morgan fingerprint density at radius 1 is 1.16 bits per heavy atom. The van der Waals surface area contributed by atoms with Crippen molar-refractivity contribution in [1.29, 1.82) is 0 Å². The van der Waals surface area contributed by atoms with Crippen LogP contribution in [-0.2, 0) is 17.6 Å². The molecule has 1 saturated heterocycles. The number of carbonyl (C=O) groups excluding carboxylic acids is 1. The molecule has 1 unspecified atom stereocenters. The van der Waals surface area contributed by atoms with E-state index in [9.17, 15) is 9.18 Å². The zero-order valence-electron chi connectivity index (χ0n) is 17.8. The van der Waals surface area contributed by atoms with Gasteiger partial charge in [-0.25, -0.2) is 4.39 Å². The molecule has 3 aromatic rings. The maximum absolute atomic E-state index is 13.4. The third-order valence-corrected chi connectivity index (χ3v) is 5.78. The second-order valence-corrected chi connectivity index (χ2v) is 8.23. The second-order valence-electron chi connectivity index (χ2n) is 8.23. The van der Waals surface area contributed by atoms with Crippen molar-refractivity contribution in [2.75, 3.05) is 18.8 Å². The maximum atomic E-state index is 13.4. The zero-order valence-corrected chi connectivity index (χ0v) is 17.8. The average molecular weight is 420 g/mol. The first-order chi connectivity index (χ1) is 14.9. The molecule has 160 valence electrons. The van der Waals surface area contributed by atoms with Crippen LogP contribution in [0.1, 0.15) is 29.1 Å². The number of nitrogen functional groups attached to an aromatic ring is 1. The van der Waals surface area contributed by atoms with Gasteiger partial charge in [0.15, 0.2) is 0 Å². The molecule has 1 aliphatic heterocycles. The topological polar surface area (TPSA) is 85.0 Å². The standard InChI is InChI=1S/C24H26FN5O/c1-15-11-18(25)4-6-20(15)22-8-7-21(26)23(27-22)13-24(31)30-10-9-17(14-30)12-19-5-3-16(2)28-29-19/h3-8,11,17H,9-10,12-14,26H2,1-2H3. The van der Waals surface area contributed by atoms with Gasteiger partial charge in [-0.1, -0.05) is 0 Å². The van der Waals surface area contributed by atoms with Crippen LogP contribution in [0.4, 0.5) is 10.1 Å². The fraction of sp³-hybridized carbons (Fsp3) is 0.333. The van der Waals surface area contributed by atoms with E-state index in [0.29, 0.717) is 29.5 Å². The van der Waals surface area contributed by atoms with Crippen molar-refractivity contribution in [3.05, 3.63) is 70.9 Å². The molecule has 1 amide bonds. The highest BCUT2D eigenvalue weighted by molar-refractivity contribution is 5.80. The van der Waals surface area contributed by atoms with Crippen LogP contribution in [0.3, 0.4) is 0 Å². The summed E-state index contributed by atoms with van der Waals surface area (Å²) in [6.07, 6.45) is 1.91. The Hall–Kier alpha value is -3.35. The summed E-state index contributed by atoms with van der Waals surface area (Å²) in [5, 5.41) is 8.35. The van der Waals surface area contributed by atoms with Gasteiger partial charge in [-0.05, 0) is 80.6 Å². The predicted octanol–water partition coefficient (Wildman–Crippen LogP) is 3.51. The first-order valence-electron chi connectivity index (χ1n) is 10.5. The molecule has 0 spiro atoms. The highest BCUT2D eigenvalue weighted by atomic mass is 19.1. The number of amides is 1. The molecule has 1 aliphatic rings. The summed E-state index contributed by atoms with van der Waals surface area (Å²) in [5.41, 5.74) is 11.3. The van der Waals surface area contributed by atoms with Crippen LogP contribution in [-0.4, -0.2) is 39.1 Å². The maximum Gasteiger partial charge on any atom is 0.228 e. The van der Waals surface area contributed by atoms with Gasteiger partial charge in [0.05, 0.1) is 34.9 Å². The van der Waals surface area contributed by atoms with Gasteiger partial charge in [-0.15, -0.1) is 0 Å². The number of aryl methyl sites for hydroxylation is 2. The molecule has 0 saturated carbocycles. The van der Waals surface area contributed by atoms with Crippen molar-refractivity contribution in [3.63, 3.8) is 0 Å². The molecule has 31 heavy (non-hydrogen) atoms. The Bertz CT molecular complexity index is 1100. The molecule has 1 fully saturated rings. The van der Waals surface area contributed by atoms with E-state index in [4.69, 9.17) is 5.73 Å². The minimum absolute atomic E-state index is 0.0182. The summed E-state index contributed by atoms with van der Waals surface area (Å²) in [7, 11) is 0. The van der Waals surface area contributed by atoms with Crippen LogP contribution < -0.4 is 5.73 Å². The van der Waals surface area contributed by atoms with Gasteiger partial charge in [0.25, 0.3) is 0 Å². The fourth-order valence-corrected chi connectivity index (χ4v) is 4.03. The Kier molecular flexibility index (Phi) is 5.93. The van der Waals surface area contributed by atoms with Gasteiger partial charge in [0.2, 0.25) is 5.91 Å². The normalized spacial score (nSPS) is 16.0. The Labute approximate surface area is 181 Å². The van der Waals surface area contributed by atoms with Crippen molar-refractivity contribution in [1.82, 2.24) is 20.1 Å². The molecule has 0 radical (unpaired) electrons. The van der Waals surface area contributed by atoms with E-state index >= 15 is 0 Å². The molecule has 1 atom stereocenters. The lowest BCUT2D eigenvalue weighted by Crippen LogP contribution is -2.31. The van der Waals surface area contributed by atoms with Crippen LogP contribution >= 0.6 is 0 Å². The molecular weight excluding hydrogens is 393 g/mol. The number of carbonyl (C=O) groups is 1. The quantitative estimate of drug-likeness (QED) is 0.684. The first-order valence-corrected chi connectivity index (χ1v) is 10.5. The molecule has 2 aromatic heterocycles. The van der Waals surface area contributed by atoms with E-state index in [1.54, 1.807) is 18.2 Å². The van der Waals surface area contributed by atoms with Crippen molar-refractivity contribution < 1.29 is 9.18 Å². The van der Waals surface area contributed by atoms with Crippen molar-refractivity contribution >= 4 is 11.6 Å². The highest BCUT2D eigenvalue weighted by Crippen LogP contribution is 2.26. The van der Waals surface area contributed by atoms with Crippen LogP contribution in [0.15, 0.2) is 42.5 Å². The van der Waals surface area contributed by atoms with E-state index in [0.717, 1.165) is 41.9 Å². The lowest BCUT2D eigenvalue weighted by molar-refractivity contribution is -0.129. The van der Waals surface area contributed by atoms with Crippen LogP contribution in [0.5, 0.6) is 0 Å². The molecule has 4 rings (SSSR count). The number of pyridine rings is 1. The summed E-state index contributed by atoms with van der Waals surface area (Å²) >= 11 is 0. The Morgan fingerprint density at radius 3 is 2.74 bits per heavy atom. The number of hydrogen-bond acceptors (Lipinski definition) is 5. The van der Waals surface area contributed by atoms with Gasteiger partial charge in [-0.3, -0.25) is 9.78 Å². The number of likely N-dealkylation sites (tertiary alicyclic amines) is 1. The fourth-order valence-electron chi connectivity index (χ4n) is 4.03.